The number of sulfonamides is 2. The molecule has 1 saturated heterocycles. The molecule has 0 amide bonds. The summed E-state index contributed by atoms with van der Waals surface area (Å²) in [5.41, 5.74) is 0.363. The summed E-state index contributed by atoms with van der Waals surface area (Å²) in [6, 6.07) is 5.91. The summed E-state index contributed by atoms with van der Waals surface area (Å²) >= 11 is 0. The molecule has 0 aromatic heterocycles. The van der Waals surface area contributed by atoms with E-state index in [0.717, 1.165) is 25.8 Å². The SMILES string of the molecule is CCCCS(=O)(=O)Nc1ccc(S(=O)(=O)NCC2CCCN2)cc1. The van der Waals surface area contributed by atoms with E-state index in [0.29, 0.717) is 18.7 Å². The van der Waals surface area contributed by atoms with E-state index in [-0.39, 0.29) is 16.7 Å². The van der Waals surface area contributed by atoms with Crippen LogP contribution in [0, 0.1) is 0 Å². The van der Waals surface area contributed by atoms with E-state index in [1.165, 1.54) is 24.3 Å². The number of benzene rings is 1. The lowest BCUT2D eigenvalue weighted by molar-refractivity contribution is 0.552. The molecule has 9 heteroatoms. The molecule has 3 N–H and O–H groups in total. The van der Waals surface area contributed by atoms with E-state index in [4.69, 9.17) is 0 Å². The van der Waals surface area contributed by atoms with Gasteiger partial charge in [0.1, 0.15) is 0 Å². The van der Waals surface area contributed by atoms with Gasteiger partial charge in [-0.3, -0.25) is 4.72 Å². The molecule has 0 spiro atoms. The Balaban J connectivity index is 1.97. The third-order valence-corrected chi connectivity index (χ3v) is 6.70. The van der Waals surface area contributed by atoms with Crippen molar-refractivity contribution in [2.24, 2.45) is 0 Å². The first-order valence-electron chi connectivity index (χ1n) is 8.16. The normalized spacial score (nSPS) is 18.6. The first-order valence-corrected chi connectivity index (χ1v) is 11.3. The number of nitrogens with one attached hydrogen (secondary N) is 3. The van der Waals surface area contributed by atoms with Gasteiger partial charge in [0.05, 0.1) is 10.6 Å². The van der Waals surface area contributed by atoms with Gasteiger partial charge in [-0.1, -0.05) is 13.3 Å². The summed E-state index contributed by atoms with van der Waals surface area (Å²) in [5.74, 6) is 0.0551. The predicted octanol–water partition coefficient (Wildman–Crippen LogP) is 1.26. The zero-order chi connectivity index (χ0) is 17.6. The van der Waals surface area contributed by atoms with E-state index in [9.17, 15) is 16.8 Å². The second kappa shape index (κ2) is 8.28. The third-order valence-electron chi connectivity index (χ3n) is 3.89. The van der Waals surface area contributed by atoms with E-state index >= 15 is 0 Å². The van der Waals surface area contributed by atoms with Crippen molar-refractivity contribution in [3.05, 3.63) is 24.3 Å². The van der Waals surface area contributed by atoms with Crippen LogP contribution in [-0.2, 0) is 20.0 Å². The topological polar surface area (TPSA) is 104 Å². The lowest BCUT2D eigenvalue weighted by Gasteiger charge is -2.12. The molecule has 0 aliphatic carbocycles. The number of rotatable bonds is 9. The highest BCUT2D eigenvalue weighted by atomic mass is 32.2. The molecule has 2 rings (SSSR count). The largest absolute Gasteiger partial charge is 0.313 e. The third kappa shape index (κ3) is 5.73. The number of hydrogen-bond acceptors (Lipinski definition) is 5. The molecule has 7 nitrogen and oxygen atoms in total. The summed E-state index contributed by atoms with van der Waals surface area (Å²) in [4.78, 5) is 0.122. The van der Waals surface area contributed by atoms with Gasteiger partial charge in [0.15, 0.2) is 0 Å². The minimum absolute atomic E-state index is 0.0551. The van der Waals surface area contributed by atoms with E-state index in [1.54, 1.807) is 0 Å². The lowest BCUT2D eigenvalue weighted by Crippen LogP contribution is -2.37. The van der Waals surface area contributed by atoms with Crippen LogP contribution >= 0.6 is 0 Å². The Morgan fingerprint density at radius 2 is 1.88 bits per heavy atom. The quantitative estimate of drug-likeness (QED) is 0.603. The van der Waals surface area contributed by atoms with Crippen LogP contribution in [-0.4, -0.2) is 41.7 Å². The Morgan fingerprint density at radius 3 is 2.46 bits per heavy atom. The van der Waals surface area contributed by atoms with Crippen molar-refractivity contribution in [2.45, 2.75) is 43.5 Å². The smallest absolute Gasteiger partial charge is 0.240 e. The fourth-order valence-electron chi connectivity index (χ4n) is 2.49. The Hall–Kier alpha value is -1.16. The van der Waals surface area contributed by atoms with Crippen LogP contribution < -0.4 is 14.8 Å². The highest BCUT2D eigenvalue weighted by Crippen LogP contribution is 2.16. The monoisotopic (exact) mass is 375 g/mol. The standard InChI is InChI=1S/C15H25N3O4S2/c1-2-3-11-23(19,20)18-13-6-8-15(9-7-13)24(21,22)17-12-14-5-4-10-16-14/h6-9,14,16-18H,2-5,10-12H2,1H3. The van der Waals surface area contributed by atoms with E-state index in [2.05, 4.69) is 14.8 Å². The molecule has 0 saturated carbocycles. The van der Waals surface area contributed by atoms with Gasteiger partial charge in [-0.05, 0) is 50.1 Å². The lowest BCUT2D eigenvalue weighted by atomic mass is 10.2. The van der Waals surface area contributed by atoms with Crippen LogP contribution in [0.25, 0.3) is 0 Å². The summed E-state index contributed by atoms with van der Waals surface area (Å²) in [7, 11) is -6.98. The highest BCUT2D eigenvalue weighted by molar-refractivity contribution is 7.92. The molecule has 1 unspecified atom stereocenters. The van der Waals surface area contributed by atoms with Crippen molar-refractivity contribution in [1.82, 2.24) is 10.0 Å². The average molecular weight is 376 g/mol. The van der Waals surface area contributed by atoms with Crippen molar-refractivity contribution in [3.8, 4) is 0 Å². The predicted molar refractivity (Wildman–Crippen MR) is 95.0 cm³/mol. The van der Waals surface area contributed by atoms with Crippen molar-refractivity contribution in [3.63, 3.8) is 0 Å². The first kappa shape index (κ1) is 19.2. The minimum Gasteiger partial charge on any atom is -0.313 e. The number of anilines is 1. The maximum atomic E-state index is 12.2. The molecule has 1 aromatic rings. The van der Waals surface area contributed by atoms with Crippen molar-refractivity contribution < 1.29 is 16.8 Å². The highest BCUT2D eigenvalue weighted by Gasteiger charge is 2.19. The first-order chi connectivity index (χ1) is 11.3. The number of unbranched alkanes of at least 4 members (excludes halogenated alkanes) is 1. The zero-order valence-electron chi connectivity index (χ0n) is 13.8. The van der Waals surface area contributed by atoms with Crippen LogP contribution in [0.1, 0.15) is 32.6 Å². The summed E-state index contributed by atoms with van der Waals surface area (Å²) < 4.78 is 53.2. The molecule has 1 aromatic carbocycles. The molecule has 1 fully saturated rings. The maximum Gasteiger partial charge on any atom is 0.240 e. The number of hydrogen-bond donors (Lipinski definition) is 3. The van der Waals surface area contributed by atoms with Crippen molar-refractivity contribution >= 4 is 25.7 Å². The Kier molecular flexibility index (Phi) is 6.62. The molecule has 24 heavy (non-hydrogen) atoms. The van der Waals surface area contributed by atoms with Gasteiger partial charge in [-0.25, -0.2) is 21.6 Å². The summed E-state index contributed by atoms with van der Waals surface area (Å²) in [5, 5.41) is 3.23. The molecular weight excluding hydrogens is 350 g/mol. The van der Waals surface area contributed by atoms with Gasteiger partial charge in [0.25, 0.3) is 0 Å². The molecular formula is C15H25N3O4S2. The molecule has 0 radical (unpaired) electrons. The zero-order valence-corrected chi connectivity index (χ0v) is 15.4. The minimum atomic E-state index is -3.59. The average Bonchev–Trinajstić information content (AvgIpc) is 3.05. The van der Waals surface area contributed by atoms with Gasteiger partial charge in [-0.15, -0.1) is 0 Å². The fraction of sp³-hybridized carbons (Fsp3) is 0.600. The van der Waals surface area contributed by atoms with Crippen LogP contribution in [0.4, 0.5) is 5.69 Å². The van der Waals surface area contributed by atoms with Gasteiger partial charge in [0.2, 0.25) is 20.0 Å². The van der Waals surface area contributed by atoms with Crippen molar-refractivity contribution in [1.29, 1.82) is 0 Å². The van der Waals surface area contributed by atoms with Crippen LogP contribution in [0.3, 0.4) is 0 Å². The summed E-state index contributed by atoms with van der Waals surface area (Å²) in [6.07, 6.45) is 3.39. The molecule has 0 bridgehead atoms. The van der Waals surface area contributed by atoms with E-state index < -0.39 is 20.0 Å². The van der Waals surface area contributed by atoms with Gasteiger partial charge in [0, 0.05) is 18.3 Å². The van der Waals surface area contributed by atoms with Crippen LogP contribution in [0.15, 0.2) is 29.2 Å². The fourth-order valence-corrected chi connectivity index (χ4v) is 4.84. The van der Waals surface area contributed by atoms with Gasteiger partial charge in [-0.2, -0.15) is 0 Å². The second-order valence-electron chi connectivity index (χ2n) is 5.94. The molecule has 1 heterocycles. The molecule has 1 aliphatic heterocycles. The molecule has 1 atom stereocenters. The molecule has 1 aliphatic rings. The van der Waals surface area contributed by atoms with Crippen molar-refractivity contribution in [2.75, 3.05) is 23.6 Å². The van der Waals surface area contributed by atoms with Gasteiger partial charge >= 0.3 is 0 Å². The van der Waals surface area contributed by atoms with Gasteiger partial charge < -0.3 is 5.32 Å². The van der Waals surface area contributed by atoms with Crippen LogP contribution in [0.5, 0.6) is 0 Å². The Labute approximate surface area is 144 Å². The van der Waals surface area contributed by atoms with Crippen LogP contribution in [0.2, 0.25) is 0 Å². The van der Waals surface area contributed by atoms with E-state index in [1.807, 2.05) is 6.92 Å². The second-order valence-corrected chi connectivity index (χ2v) is 9.55. The Morgan fingerprint density at radius 1 is 1.17 bits per heavy atom. The summed E-state index contributed by atoms with van der Waals surface area (Å²) in [6.45, 7) is 3.19. The Bertz CT molecular complexity index is 724. The molecule has 136 valence electrons. The maximum absolute atomic E-state index is 12.2.